The lowest BCUT2D eigenvalue weighted by Crippen LogP contribution is -2.23. The molecule has 1 atom stereocenters. The number of carbonyl (C=O) groups is 1. The van der Waals surface area contributed by atoms with Gasteiger partial charge in [-0.2, -0.15) is 10.1 Å². The highest BCUT2D eigenvalue weighted by Gasteiger charge is 2.34. The van der Waals surface area contributed by atoms with E-state index in [1.54, 1.807) is 11.3 Å². The molecule has 1 aliphatic carbocycles. The number of aromatic nitrogens is 4. The second-order valence-electron chi connectivity index (χ2n) is 6.70. The number of rotatable bonds is 5. The number of thiophene rings is 1. The van der Waals surface area contributed by atoms with Gasteiger partial charge in [0.1, 0.15) is 0 Å². The molecule has 3 aromatic rings. The molecule has 1 amide bonds. The maximum Gasteiger partial charge on any atom is 0.278 e. The molecule has 1 aliphatic heterocycles. The summed E-state index contributed by atoms with van der Waals surface area (Å²) in [6.45, 7) is 1.28. The topological polar surface area (TPSA) is 87.9 Å². The summed E-state index contributed by atoms with van der Waals surface area (Å²) in [5.41, 5.74) is 1.81. The Morgan fingerprint density at radius 1 is 1.36 bits per heavy atom. The number of nitrogens with one attached hydrogen (secondary N) is 1. The van der Waals surface area contributed by atoms with E-state index in [0.717, 1.165) is 5.69 Å². The van der Waals surface area contributed by atoms with Gasteiger partial charge in [0.2, 0.25) is 5.91 Å². The summed E-state index contributed by atoms with van der Waals surface area (Å²) in [6, 6.07) is 6.04. The van der Waals surface area contributed by atoms with Gasteiger partial charge >= 0.3 is 0 Å². The molecule has 25 heavy (non-hydrogen) atoms. The molecule has 8 heteroatoms. The Kier molecular flexibility index (Phi) is 3.44. The van der Waals surface area contributed by atoms with Crippen LogP contribution in [0, 0.1) is 0 Å². The Morgan fingerprint density at radius 3 is 3.08 bits per heavy atom. The fraction of sp³-hybridized carbons (Fsp3) is 0.412. The lowest BCUT2D eigenvalue weighted by atomic mass is 10.1. The number of amides is 1. The molecule has 1 unspecified atom stereocenters. The molecule has 2 fully saturated rings. The molecule has 1 N–H and O–H groups in total. The molecule has 4 heterocycles. The van der Waals surface area contributed by atoms with Crippen LogP contribution in [0.1, 0.15) is 47.5 Å². The van der Waals surface area contributed by atoms with Crippen molar-refractivity contribution in [2.24, 2.45) is 0 Å². The standard InChI is InChI=1S/C17H17N5O2S/c23-15-6-11(8-22(15)9-12-2-1-5-25-12)16-18-17(24-21-16)14-7-13(19-20-14)10-3-4-10/h1-2,5,7,10-11H,3-4,6,8-9H2,(H,19,20). The second kappa shape index (κ2) is 5.80. The minimum atomic E-state index is -0.0215. The molecule has 0 bridgehead atoms. The SMILES string of the molecule is O=C1CC(c2noc(-c3cc(C4CC4)[nH]n3)n2)CN1Cc1cccs1. The van der Waals surface area contributed by atoms with Gasteiger partial charge < -0.3 is 9.42 Å². The fourth-order valence-electron chi connectivity index (χ4n) is 3.24. The van der Waals surface area contributed by atoms with Crippen LogP contribution in [0.25, 0.3) is 11.6 Å². The zero-order chi connectivity index (χ0) is 16.8. The van der Waals surface area contributed by atoms with E-state index in [2.05, 4.69) is 20.3 Å². The highest BCUT2D eigenvalue weighted by Crippen LogP contribution is 2.40. The second-order valence-corrected chi connectivity index (χ2v) is 7.73. The number of hydrogen-bond donors (Lipinski definition) is 1. The maximum atomic E-state index is 12.3. The minimum Gasteiger partial charge on any atom is -0.337 e. The van der Waals surface area contributed by atoms with Gasteiger partial charge in [-0.25, -0.2) is 0 Å². The Balaban J connectivity index is 1.30. The first kappa shape index (κ1) is 14.8. The molecule has 128 valence electrons. The number of H-pyrrole nitrogens is 1. The fourth-order valence-corrected chi connectivity index (χ4v) is 3.96. The minimum absolute atomic E-state index is 0.0215. The van der Waals surface area contributed by atoms with Gasteiger partial charge in [-0.05, 0) is 30.4 Å². The van der Waals surface area contributed by atoms with Crippen LogP contribution in [0.3, 0.4) is 0 Å². The van der Waals surface area contributed by atoms with Gasteiger partial charge in [0.05, 0.1) is 6.54 Å². The van der Waals surface area contributed by atoms with Crippen molar-refractivity contribution in [3.05, 3.63) is 40.0 Å². The summed E-state index contributed by atoms with van der Waals surface area (Å²) in [4.78, 5) is 19.8. The lowest BCUT2D eigenvalue weighted by Gasteiger charge is -2.14. The molecule has 1 saturated heterocycles. The van der Waals surface area contributed by atoms with Crippen LogP contribution < -0.4 is 0 Å². The van der Waals surface area contributed by atoms with E-state index >= 15 is 0 Å². The third-order valence-electron chi connectivity index (χ3n) is 4.78. The number of aromatic amines is 1. The Hall–Kier alpha value is -2.48. The Labute approximate surface area is 148 Å². The van der Waals surface area contributed by atoms with Gasteiger partial charge in [0.15, 0.2) is 11.5 Å². The van der Waals surface area contributed by atoms with Crippen molar-refractivity contribution in [1.82, 2.24) is 25.2 Å². The average Bonchev–Trinajstić information content (AvgIpc) is 3.09. The quantitative estimate of drug-likeness (QED) is 0.760. The first-order valence-electron chi connectivity index (χ1n) is 8.45. The predicted octanol–water partition coefficient (Wildman–Crippen LogP) is 2.91. The van der Waals surface area contributed by atoms with Crippen LogP contribution in [0.5, 0.6) is 0 Å². The van der Waals surface area contributed by atoms with Crippen molar-refractivity contribution >= 4 is 17.2 Å². The van der Waals surface area contributed by atoms with E-state index in [0.29, 0.717) is 42.8 Å². The molecular formula is C17H17N5O2S. The molecular weight excluding hydrogens is 338 g/mol. The van der Waals surface area contributed by atoms with E-state index < -0.39 is 0 Å². The van der Waals surface area contributed by atoms with Crippen molar-refractivity contribution in [3.63, 3.8) is 0 Å². The molecule has 1 saturated carbocycles. The molecule has 0 spiro atoms. The van der Waals surface area contributed by atoms with Gasteiger partial charge in [-0.15, -0.1) is 11.3 Å². The third kappa shape index (κ3) is 2.86. The van der Waals surface area contributed by atoms with Crippen molar-refractivity contribution in [2.45, 2.75) is 37.6 Å². The zero-order valence-electron chi connectivity index (χ0n) is 13.5. The molecule has 7 nitrogen and oxygen atoms in total. The average molecular weight is 355 g/mol. The lowest BCUT2D eigenvalue weighted by molar-refractivity contribution is -0.128. The monoisotopic (exact) mass is 355 g/mol. The molecule has 5 rings (SSSR count). The highest BCUT2D eigenvalue weighted by molar-refractivity contribution is 7.09. The van der Waals surface area contributed by atoms with E-state index in [4.69, 9.17) is 4.52 Å². The predicted molar refractivity (Wildman–Crippen MR) is 90.9 cm³/mol. The normalized spacial score (nSPS) is 20.6. The van der Waals surface area contributed by atoms with Crippen LogP contribution in [0.4, 0.5) is 0 Å². The zero-order valence-corrected chi connectivity index (χ0v) is 14.3. The molecule has 2 aliphatic rings. The van der Waals surface area contributed by atoms with Crippen molar-refractivity contribution in [3.8, 4) is 11.6 Å². The largest absolute Gasteiger partial charge is 0.337 e. The number of likely N-dealkylation sites (tertiary alicyclic amines) is 1. The van der Waals surface area contributed by atoms with Crippen molar-refractivity contribution in [2.75, 3.05) is 6.54 Å². The van der Waals surface area contributed by atoms with Crippen LogP contribution in [0.15, 0.2) is 28.1 Å². The van der Waals surface area contributed by atoms with Gasteiger partial charge in [0, 0.05) is 35.4 Å². The first-order chi connectivity index (χ1) is 12.3. The maximum absolute atomic E-state index is 12.3. The van der Waals surface area contributed by atoms with E-state index in [9.17, 15) is 4.79 Å². The Morgan fingerprint density at radius 2 is 2.28 bits per heavy atom. The third-order valence-corrected chi connectivity index (χ3v) is 5.64. The summed E-state index contributed by atoms with van der Waals surface area (Å²) < 4.78 is 5.38. The molecule has 0 radical (unpaired) electrons. The van der Waals surface area contributed by atoms with E-state index in [1.165, 1.54) is 17.7 Å². The number of nitrogens with zero attached hydrogens (tertiary/aromatic N) is 4. The summed E-state index contributed by atoms with van der Waals surface area (Å²) in [6.07, 6.45) is 2.85. The van der Waals surface area contributed by atoms with E-state index in [-0.39, 0.29) is 11.8 Å². The van der Waals surface area contributed by atoms with Crippen LogP contribution in [-0.4, -0.2) is 37.7 Å². The van der Waals surface area contributed by atoms with Crippen molar-refractivity contribution in [1.29, 1.82) is 0 Å². The summed E-state index contributed by atoms with van der Waals surface area (Å²) in [5, 5.41) is 13.4. The summed E-state index contributed by atoms with van der Waals surface area (Å²) in [7, 11) is 0. The van der Waals surface area contributed by atoms with E-state index in [1.807, 2.05) is 28.5 Å². The first-order valence-corrected chi connectivity index (χ1v) is 9.33. The van der Waals surface area contributed by atoms with Crippen LogP contribution in [-0.2, 0) is 11.3 Å². The smallest absolute Gasteiger partial charge is 0.278 e. The van der Waals surface area contributed by atoms with Gasteiger partial charge in [0.25, 0.3) is 5.89 Å². The number of hydrogen-bond acceptors (Lipinski definition) is 6. The number of carbonyl (C=O) groups excluding carboxylic acids is 1. The summed E-state index contributed by atoms with van der Waals surface area (Å²) in [5.74, 6) is 1.73. The molecule has 0 aromatic carbocycles. The van der Waals surface area contributed by atoms with Gasteiger partial charge in [-0.3, -0.25) is 9.89 Å². The summed E-state index contributed by atoms with van der Waals surface area (Å²) >= 11 is 1.66. The van der Waals surface area contributed by atoms with Crippen LogP contribution in [0.2, 0.25) is 0 Å². The highest BCUT2D eigenvalue weighted by atomic mass is 32.1. The van der Waals surface area contributed by atoms with Gasteiger partial charge in [-0.1, -0.05) is 11.2 Å². The molecule has 3 aromatic heterocycles. The van der Waals surface area contributed by atoms with Crippen LogP contribution >= 0.6 is 11.3 Å². The Bertz CT molecular complexity index is 896. The van der Waals surface area contributed by atoms with Crippen molar-refractivity contribution < 1.29 is 9.32 Å².